The molecule has 2 unspecified atom stereocenters. The van der Waals surface area contributed by atoms with Crippen LogP contribution in [-0.2, 0) is 6.54 Å². The minimum absolute atomic E-state index is 0. The van der Waals surface area contributed by atoms with Crippen LogP contribution < -0.4 is 5.32 Å². The van der Waals surface area contributed by atoms with Crippen molar-refractivity contribution in [2.45, 2.75) is 25.4 Å². The average Bonchev–Trinajstić information content (AvgIpc) is 2.74. The molecule has 2 aliphatic rings. The number of hydrogen-bond donors (Lipinski definition) is 2. The van der Waals surface area contributed by atoms with Crippen LogP contribution in [0, 0.1) is 11.7 Å². The highest BCUT2D eigenvalue weighted by atomic mass is 35.5. The molecule has 2 atom stereocenters. The van der Waals surface area contributed by atoms with E-state index in [1.54, 1.807) is 6.07 Å². The van der Waals surface area contributed by atoms with Crippen LogP contribution in [0.1, 0.15) is 18.4 Å². The van der Waals surface area contributed by atoms with E-state index in [1.165, 1.54) is 18.9 Å². The molecule has 0 amide bonds. The number of likely N-dealkylation sites (tertiary alicyclic amines) is 1. The second-order valence-corrected chi connectivity index (χ2v) is 5.45. The summed E-state index contributed by atoms with van der Waals surface area (Å²) in [6.45, 7) is 3.98. The lowest BCUT2D eigenvalue weighted by Crippen LogP contribution is -2.43. The molecule has 0 bridgehead atoms. The predicted octanol–water partition coefficient (Wildman–Crippen LogP) is 2.14. The predicted molar refractivity (Wildman–Crippen MR) is 75.1 cm³/mol. The molecule has 19 heavy (non-hydrogen) atoms. The van der Waals surface area contributed by atoms with Crippen molar-refractivity contribution in [3.05, 3.63) is 29.6 Å². The topological polar surface area (TPSA) is 35.5 Å². The van der Waals surface area contributed by atoms with Crippen LogP contribution in [0.5, 0.6) is 5.75 Å². The average molecular weight is 287 g/mol. The van der Waals surface area contributed by atoms with Gasteiger partial charge in [-0.2, -0.15) is 0 Å². The molecular formula is C14H20ClFN2O. The number of nitrogens with one attached hydrogen (secondary N) is 1. The van der Waals surface area contributed by atoms with Crippen molar-refractivity contribution in [2.24, 2.45) is 5.92 Å². The summed E-state index contributed by atoms with van der Waals surface area (Å²) >= 11 is 0. The van der Waals surface area contributed by atoms with E-state index >= 15 is 0 Å². The van der Waals surface area contributed by atoms with Crippen molar-refractivity contribution in [1.82, 2.24) is 10.2 Å². The van der Waals surface area contributed by atoms with Crippen molar-refractivity contribution in [2.75, 3.05) is 19.6 Å². The van der Waals surface area contributed by atoms with Gasteiger partial charge in [0.2, 0.25) is 0 Å². The monoisotopic (exact) mass is 286 g/mol. The largest absolute Gasteiger partial charge is 0.508 e. The lowest BCUT2D eigenvalue weighted by Gasteiger charge is -2.34. The third-order valence-corrected chi connectivity index (χ3v) is 4.09. The van der Waals surface area contributed by atoms with Crippen molar-refractivity contribution in [3.8, 4) is 5.75 Å². The number of phenolic OH excluding ortho intramolecular Hbond substituents is 1. The van der Waals surface area contributed by atoms with Gasteiger partial charge in [0.25, 0.3) is 0 Å². The molecule has 3 rings (SSSR count). The first-order valence-electron chi connectivity index (χ1n) is 6.65. The molecule has 0 spiro atoms. The molecule has 3 nitrogen and oxygen atoms in total. The van der Waals surface area contributed by atoms with Crippen LogP contribution in [0.15, 0.2) is 18.2 Å². The first-order chi connectivity index (χ1) is 8.70. The fourth-order valence-corrected chi connectivity index (χ4v) is 3.25. The van der Waals surface area contributed by atoms with E-state index in [0.717, 1.165) is 43.7 Å². The highest BCUT2D eigenvalue weighted by molar-refractivity contribution is 5.85. The second kappa shape index (κ2) is 6.07. The maximum Gasteiger partial charge on any atom is 0.127 e. The molecule has 2 heterocycles. The van der Waals surface area contributed by atoms with E-state index in [9.17, 15) is 9.50 Å². The Hall–Kier alpha value is -0.840. The van der Waals surface area contributed by atoms with E-state index in [0.29, 0.717) is 6.04 Å². The third-order valence-electron chi connectivity index (χ3n) is 4.09. The first kappa shape index (κ1) is 14.6. The van der Waals surface area contributed by atoms with E-state index in [-0.39, 0.29) is 24.0 Å². The molecule has 0 saturated carbocycles. The van der Waals surface area contributed by atoms with Gasteiger partial charge in [-0.25, -0.2) is 4.39 Å². The number of halogens is 2. The van der Waals surface area contributed by atoms with Crippen LogP contribution in [0.25, 0.3) is 0 Å². The van der Waals surface area contributed by atoms with E-state index in [1.807, 2.05) is 0 Å². The Labute approximate surface area is 119 Å². The van der Waals surface area contributed by atoms with Gasteiger partial charge >= 0.3 is 0 Å². The molecule has 2 fully saturated rings. The Kier molecular flexibility index (Phi) is 4.66. The number of hydrogen-bond acceptors (Lipinski definition) is 3. The number of piperidine rings is 1. The van der Waals surface area contributed by atoms with Crippen molar-refractivity contribution in [3.63, 3.8) is 0 Å². The summed E-state index contributed by atoms with van der Waals surface area (Å²) in [6, 6.07) is 5.00. The van der Waals surface area contributed by atoms with Gasteiger partial charge in [0, 0.05) is 25.2 Å². The van der Waals surface area contributed by atoms with Crippen molar-refractivity contribution >= 4 is 12.4 Å². The number of aromatic hydroxyl groups is 1. The molecule has 1 aromatic carbocycles. The minimum atomic E-state index is -0.359. The number of fused-ring (bicyclic) bond motifs is 1. The number of phenols is 1. The lowest BCUT2D eigenvalue weighted by atomic mass is 9.93. The summed E-state index contributed by atoms with van der Waals surface area (Å²) in [7, 11) is 0. The number of nitrogens with zero attached hydrogens (tertiary/aromatic N) is 1. The van der Waals surface area contributed by atoms with E-state index in [4.69, 9.17) is 0 Å². The Morgan fingerprint density at radius 3 is 2.95 bits per heavy atom. The van der Waals surface area contributed by atoms with Crippen LogP contribution >= 0.6 is 12.4 Å². The number of rotatable bonds is 2. The van der Waals surface area contributed by atoms with Crippen molar-refractivity contribution < 1.29 is 9.50 Å². The smallest absolute Gasteiger partial charge is 0.127 e. The van der Waals surface area contributed by atoms with Gasteiger partial charge in [-0.05, 0) is 49.5 Å². The minimum Gasteiger partial charge on any atom is -0.508 e. The summed E-state index contributed by atoms with van der Waals surface area (Å²) in [5, 5.41) is 12.9. The second-order valence-electron chi connectivity index (χ2n) is 5.45. The van der Waals surface area contributed by atoms with Crippen LogP contribution in [0.4, 0.5) is 4.39 Å². The van der Waals surface area contributed by atoms with Gasteiger partial charge in [0.05, 0.1) is 0 Å². The van der Waals surface area contributed by atoms with E-state index < -0.39 is 0 Å². The quantitative estimate of drug-likeness (QED) is 0.874. The zero-order valence-corrected chi connectivity index (χ0v) is 11.6. The first-order valence-corrected chi connectivity index (χ1v) is 6.65. The lowest BCUT2D eigenvalue weighted by molar-refractivity contribution is 0.155. The van der Waals surface area contributed by atoms with Gasteiger partial charge < -0.3 is 10.4 Å². The van der Waals surface area contributed by atoms with Crippen LogP contribution in [0.2, 0.25) is 0 Å². The maximum atomic E-state index is 13.2. The molecular weight excluding hydrogens is 267 g/mol. The summed E-state index contributed by atoms with van der Waals surface area (Å²) in [4.78, 5) is 2.36. The Morgan fingerprint density at radius 1 is 1.32 bits per heavy atom. The standard InChI is InChI=1S/C14H19FN2O.ClH/c15-12-5-10(6-13(18)7-12)8-17-4-2-14-11(9-17)1-3-16-14;/h5-7,11,14,16,18H,1-4,8-9H2;1H. The van der Waals surface area contributed by atoms with E-state index in [2.05, 4.69) is 10.2 Å². The molecule has 2 saturated heterocycles. The molecule has 0 radical (unpaired) electrons. The van der Waals surface area contributed by atoms with Crippen LogP contribution in [-0.4, -0.2) is 35.7 Å². The normalized spacial score (nSPS) is 26.8. The van der Waals surface area contributed by atoms with Gasteiger partial charge in [0.15, 0.2) is 0 Å². The summed E-state index contributed by atoms with van der Waals surface area (Å²) in [6.07, 6.45) is 2.42. The molecule has 0 aromatic heterocycles. The maximum absolute atomic E-state index is 13.2. The summed E-state index contributed by atoms with van der Waals surface area (Å²) < 4.78 is 13.2. The molecule has 5 heteroatoms. The fraction of sp³-hybridized carbons (Fsp3) is 0.571. The molecule has 2 N–H and O–H groups in total. The Bertz CT molecular complexity index is 423. The van der Waals surface area contributed by atoms with Crippen molar-refractivity contribution in [1.29, 1.82) is 0 Å². The van der Waals surface area contributed by atoms with Crippen LogP contribution in [0.3, 0.4) is 0 Å². The zero-order valence-electron chi connectivity index (χ0n) is 10.8. The SMILES string of the molecule is Cl.Oc1cc(F)cc(CN2CCC3NCCC3C2)c1. The molecule has 2 aliphatic heterocycles. The fourth-order valence-electron chi connectivity index (χ4n) is 3.25. The van der Waals surface area contributed by atoms with Gasteiger partial charge in [0.1, 0.15) is 11.6 Å². The zero-order chi connectivity index (χ0) is 12.5. The van der Waals surface area contributed by atoms with Gasteiger partial charge in [-0.3, -0.25) is 4.90 Å². The molecule has 1 aromatic rings. The highest BCUT2D eigenvalue weighted by Gasteiger charge is 2.32. The Morgan fingerprint density at radius 2 is 2.16 bits per heavy atom. The Balaban J connectivity index is 0.00000133. The summed E-state index contributed by atoms with van der Waals surface area (Å²) in [5.74, 6) is 0.394. The van der Waals surface area contributed by atoms with Gasteiger partial charge in [-0.1, -0.05) is 0 Å². The number of benzene rings is 1. The highest BCUT2D eigenvalue weighted by Crippen LogP contribution is 2.26. The molecule has 0 aliphatic carbocycles. The third kappa shape index (κ3) is 3.38. The molecule has 106 valence electrons. The van der Waals surface area contributed by atoms with Gasteiger partial charge in [-0.15, -0.1) is 12.4 Å². The summed E-state index contributed by atoms with van der Waals surface area (Å²) in [5.41, 5.74) is 0.858.